The average molecular weight is 379 g/mol. The van der Waals surface area contributed by atoms with Gasteiger partial charge >= 0.3 is 0 Å². The first kappa shape index (κ1) is 19.9. The first-order valence-electron chi connectivity index (χ1n) is 8.90. The molecule has 0 aliphatic carbocycles. The van der Waals surface area contributed by atoms with Gasteiger partial charge < -0.3 is 10.2 Å². The number of nitrogens with one attached hydrogen (secondary N) is 3. The number of amides is 1. The summed E-state index contributed by atoms with van der Waals surface area (Å²) >= 11 is 5.12. The molecular weight excluding hydrogens is 354 g/mol. The van der Waals surface area contributed by atoms with Gasteiger partial charge in [-0.3, -0.25) is 25.8 Å². The van der Waals surface area contributed by atoms with E-state index in [1.807, 2.05) is 0 Å². The Hall–Kier alpha value is -2.42. The van der Waals surface area contributed by atoms with E-state index in [-0.39, 0.29) is 11.3 Å². The molecule has 1 aliphatic rings. The maximum atomic E-state index is 12.6. The van der Waals surface area contributed by atoms with Crippen molar-refractivity contribution in [3.63, 3.8) is 0 Å². The molecule has 1 fully saturated rings. The molecule has 0 spiro atoms. The van der Waals surface area contributed by atoms with Crippen molar-refractivity contribution in [2.75, 3.05) is 24.5 Å². The Morgan fingerprint density at radius 1 is 1.27 bits per heavy atom. The van der Waals surface area contributed by atoms with Crippen LogP contribution in [0.3, 0.4) is 0 Å². The summed E-state index contributed by atoms with van der Waals surface area (Å²) < 4.78 is 0. The Bertz CT molecular complexity index is 662. The van der Waals surface area contributed by atoms with Gasteiger partial charge in [0.05, 0.1) is 16.2 Å². The number of carbonyl (C=O) groups excluding carboxylic acids is 1. The highest BCUT2D eigenvalue weighted by Gasteiger charge is 2.22. The van der Waals surface area contributed by atoms with E-state index in [1.54, 1.807) is 6.07 Å². The van der Waals surface area contributed by atoms with Crippen LogP contribution in [0, 0.1) is 10.1 Å². The fraction of sp³-hybridized carbons (Fsp3) is 0.529. The minimum absolute atomic E-state index is 0.113. The molecule has 2 rings (SSSR count). The summed E-state index contributed by atoms with van der Waals surface area (Å²) in [5.41, 5.74) is 6.04. The van der Waals surface area contributed by atoms with Crippen molar-refractivity contribution in [3.8, 4) is 0 Å². The molecule has 0 bridgehead atoms. The normalized spacial score (nSPS) is 13.3. The van der Waals surface area contributed by atoms with Gasteiger partial charge in [-0.05, 0) is 37.5 Å². The monoisotopic (exact) mass is 379 g/mol. The summed E-state index contributed by atoms with van der Waals surface area (Å²) in [6.07, 6.45) is 5.31. The molecule has 1 aromatic rings. The maximum Gasteiger partial charge on any atom is 0.272 e. The predicted molar refractivity (Wildman–Crippen MR) is 105 cm³/mol. The third-order valence-electron chi connectivity index (χ3n) is 4.24. The number of nitrogens with zero attached hydrogens (tertiary/aromatic N) is 2. The van der Waals surface area contributed by atoms with Crippen LogP contribution in [-0.4, -0.2) is 35.6 Å². The number of carbonyl (C=O) groups is 1. The van der Waals surface area contributed by atoms with E-state index < -0.39 is 10.8 Å². The Labute approximate surface area is 158 Å². The largest absolute Gasteiger partial charge is 0.371 e. The van der Waals surface area contributed by atoms with Crippen molar-refractivity contribution in [2.24, 2.45) is 0 Å². The summed E-state index contributed by atoms with van der Waals surface area (Å²) in [5.74, 6) is -0.451. The zero-order valence-corrected chi connectivity index (χ0v) is 15.7. The first-order valence-corrected chi connectivity index (χ1v) is 9.31. The molecule has 142 valence electrons. The smallest absolute Gasteiger partial charge is 0.272 e. The van der Waals surface area contributed by atoms with Crippen LogP contribution in [0.15, 0.2) is 18.2 Å². The molecule has 1 amide bonds. The van der Waals surface area contributed by atoms with Crippen LogP contribution < -0.4 is 21.1 Å². The molecule has 1 saturated heterocycles. The quantitative estimate of drug-likeness (QED) is 0.290. The maximum absolute atomic E-state index is 12.6. The molecule has 1 heterocycles. The van der Waals surface area contributed by atoms with Crippen LogP contribution in [0.25, 0.3) is 0 Å². The van der Waals surface area contributed by atoms with E-state index in [0.29, 0.717) is 10.8 Å². The summed E-state index contributed by atoms with van der Waals surface area (Å²) in [5, 5.41) is 14.4. The number of hydrazine groups is 1. The highest BCUT2D eigenvalue weighted by molar-refractivity contribution is 7.80. The van der Waals surface area contributed by atoms with Gasteiger partial charge in [0, 0.05) is 31.8 Å². The molecule has 9 heteroatoms. The molecule has 3 N–H and O–H groups in total. The van der Waals surface area contributed by atoms with Crippen LogP contribution in [0.2, 0.25) is 0 Å². The zero-order valence-electron chi connectivity index (χ0n) is 14.9. The molecular formula is C17H25N5O3S. The number of thiocarbonyl (C=S) groups is 1. The Morgan fingerprint density at radius 2 is 2.00 bits per heavy atom. The topological polar surface area (TPSA) is 99.5 Å². The van der Waals surface area contributed by atoms with Crippen molar-refractivity contribution in [2.45, 2.75) is 39.0 Å². The number of anilines is 1. The highest BCUT2D eigenvalue weighted by Crippen LogP contribution is 2.28. The highest BCUT2D eigenvalue weighted by atomic mass is 32.1. The average Bonchev–Trinajstić information content (AvgIpc) is 3.17. The summed E-state index contributed by atoms with van der Waals surface area (Å²) in [6.45, 7) is 4.52. The molecule has 0 aromatic heterocycles. The van der Waals surface area contributed by atoms with Gasteiger partial charge in [0.2, 0.25) is 0 Å². The fourth-order valence-electron chi connectivity index (χ4n) is 2.86. The van der Waals surface area contributed by atoms with Crippen molar-refractivity contribution < 1.29 is 9.72 Å². The molecule has 0 saturated carbocycles. The van der Waals surface area contributed by atoms with Crippen molar-refractivity contribution >= 4 is 34.6 Å². The van der Waals surface area contributed by atoms with E-state index in [2.05, 4.69) is 28.0 Å². The lowest BCUT2D eigenvalue weighted by Gasteiger charge is -2.21. The van der Waals surface area contributed by atoms with Gasteiger partial charge in [0.25, 0.3) is 11.6 Å². The number of benzene rings is 1. The second-order valence-corrected chi connectivity index (χ2v) is 6.60. The number of hydrogen-bond acceptors (Lipinski definition) is 5. The lowest BCUT2D eigenvalue weighted by atomic mass is 10.1. The molecule has 1 aromatic carbocycles. The third-order valence-corrected chi connectivity index (χ3v) is 4.48. The Morgan fingerprint density at radius 3 is 2.65 bits per heavy atom. The van der Waals surface area contributed by atoms with Gasteiger partial charge in [-0.1, -0.05) is 19.8 Å². The lowest BCUT2D eigenvalue weighted by Crippen LogP contribution is -2.47. The van der Waals surface area contributed by atoms with Crippen LogP contribution in [0.5, 0.6) is 0 Å². The van der Waals surface area contributed by atoms with E-state index in [0.717, 1.165) is 51.7 Å². The van der Waals surface area contributed by atoms with Gasteiger partial charge in [0.15, 0.2) is 5.11 Å². The Balaban J connectivity index is 2.02. The van der Waals surface area contributed by atoms with E-state index in [9.17, 15) is 14.9 Å². The molecule has 1 aliphatic heterocycles. The summed E-state index contributed by atoms with van der Waals surface area (Å²) in [4.78, 5) is 25.2. The van der Waals surface area contributed by atoms with Crippen molar-refractivity contribution in [1.82, 2.24) is 16.2 Å². The van der Waals surface area contributed by atoms with E-state index in [1.165, 1.54) is 12.1 Å². The molecule has 0 unspecified atom stereocenters. The van der Waals surface area contributed by atoms with Gasteiger partial charge in [-0.25, -0.2) is 0 Å². The van der Waals surface area contributed by atoms with Crippen LogP contribution in [0.1, 0.15) is 49.4 Å². The van der Waals surface area contributed by atoms with E-state index in [4.69, 9.17) is 12.2 Å². The van der Waals surface area contributed by atoms with Crippen molar-refractivity contribution in [3.05, 3.63) is 33.9 Å². The van der Waals surface area contributed by atoms with Crippen LogP contribution in [-0.2, 0) is 0 Å². The minimum atomic E-state index is -0.502. The van der Waals surface area contributed by atoms with E-state index >= 15 is 0 Å². The predicted octanol–water partition coefficient (Wildman–Crippen LogP) is 2.49. The molecule has 0 radical (unpaired) electrons. The minimum Gasteiger partial charge on any atom is -0.371 e. The second kappa shape index (κ2) is 9.91. The molecule has 8 nitrogen and oxygen atoms in total. The standard InChI is InChI=1S/C17H25N5O3S/c1-2-3-4-9-18-17(26)20-19-16(23)14-12-13(22(24)25)7-8-15(14)21-10-5-6-11-21/h7-8,12H,2-6,9-11H2,1H3,(H,19,23)(H2,18,20,26). The number of non-ortho nitro benzene ring substituents is 1. The third kappa shape index (κ3) is 5.55. The SMILES string of the molecule is CCCCCNC(=S)NNC(=O)c1cc([N+](=O)[O-])ccc1N1CCCC1. The molecule has 26 heavy (non-hydrogen) atoms. The number of nitro benzene ring substituents is 1. The summed E-state index contributed by atoms with van der Waals surface area (Å²) in [7, 11) is 0. The number of rotatable bonds is 7. The van der Waals surface area contributed by atoms with Crippen LogP contribution in [0.4, 0.5) is 11.4 Å². The van der Waals surface area contributed by atoms with Crippen LogP contribution >= 0.6 is 12.2 Å². The van der Waals surface area contributed by atoms with Crippen molar-refractivity contribution in [1.29, 1.82) is 0 Å². The second-order valence-electron chi connectivity index (χ2n) is 6.19. The van der Waals surface area contributed by atoms with Gasteiger partial charge in [-0.15, -0.1) is 0 Å². The fourth-order valence-corrected chi connectivity index (χ4v) is 3.01. The Kier molecular flexibility index (Phi) is 7.58. The summed E-state index contributed by atoms with van der Waals surface area (Å²) in [6, 6.07) is 4.37. The zero-order chi connectivity index (χ0) is 18.9. The number of hydrogen-bond donors (Lipinski definition) is 3. The molecule has 0 atom stereocenters. The van der Waals surface area contributed by atoms with Gasteiger partial charge in [-0.2, -0.15) is 0 Å². The first-order chi connectivity index (χ1) is 12.5. The lowest BCUT2D eigenvalue weighted by molar-refractivity contribution is -0.384. The van der Waals surface area contributed by atoms with Gasteiger partial charge in [0.1, 0.15) is 0 Å². The number of nitro groups is 1. The number of unbranched alkanes of at least 4 members (excludes halogenated alkanes) is 2.